The van der Waals surface area contributed by atoms with E-state index in [1.54, 1.807) is 19.2 Å². The van der Waals surface area contributed by atoms with Crippen LogP contribution in [0.1, 0.15) is 18.9 Å². The molecule has 0 aromatic heterocycles. The van der Waals surface area contributed by atoms with Crippen molar-refractivity contribution in [1.29, 1.82) is 0 Å². The van der Waals surface area contributed by atoms with Crippen molar-refractivity contribution in [3.8, 4) is 0 Å². The summed E-state index contributed by atoms with van der Waals surface area (Å²) in [6.45, 7) is 2.54. The molecule has 0 amide bonds. The van der Waals surface area contributed by atoms with Crippen molar-refractivity contribution in [2.24, 2.45) is 5.92 Å². The van der Waals surface area contributed by atoms with E-state index in [2.05, 4.69) is 0 Å². The molecule has 0 heterocycles. The highest BCUT2D eigenvalue weighted by molar-refractivity contribution is 5.81. The molecular weight excluding hydrogens is 207 g/mol. The van der Waals surface area contributed by atoms with E-state index in [1.165, 1.54) is 12.1 Å². The summed E-state index contributed by atoms with van der Waals surface area (Å²) >= 11 is 0. The molecule has 2 nitrogen and oxygen atoms in total. The third kappa shape index (κ3) is 4.53. The van der Waals surface area contributed by atoms with E-state index >= 15 is 0 Å². The van der Waals surface area contributed by atoms with Crippen molar-refractivity contribution in [1.82, 2.24) is 0 Å². The normalized spacial score (nSPS) is 12.4. The van der Waals surface area contributed by atoms with E-state index in [1.807, 2.05) is 6.92 Å². The van der Waals surface area contributed by atoms with Crippen LogP contribution in [0.3, 0.4) is 0 Å². The fourth-order valence-corrected chi connectivity index (χ4v) is 1.68. The minimum absolute atomic E-state index is 0.121. The van der Waals surface area contributed by atoms with Crippen molar-refractivity contribution in [3.63, 3.8) is 0 Å². The molecule has 0 fully saturated rings. The molecular formula is C13H17FO2. The fourth-order valence-electron chi connectivity index (χ4n) is 1.68. The Morgan fingerprint density at radius 2 is 2.25 bits per heavy atom. The van der Waals surface area contributed by atoms with E-state index in [4.69, 9.17) is 4.74 Å². The Morgan fingerprint density at radius 3 is 2.88 bits per heavy atom. The quantitative estimate of drug-likeness (QED) is 0.742. The molecule has 3 heteroatoms. The number of Topliss-reactive ketones (excluding diaryl/α,β-unsaturated/α-hetero) is 1. The highest BCUT2D eigenvalue weighted by atomic mass is 19.1. The van der Waals surface area contributed by atoms with Crippen LogP contribution < -0.4 is 0 Å². The van der Waals surface area contributed by atoms with E-state index in [0.717, 1.165) is 5.56 Å². The van der Waals surface area contributed by atoms with Crippen LogP contribution in [0.4, 0.5) is 4.39 Å². The van der Waals surface area contributed by atoms with E-state index in [9.17, 15) is 9.18 Å². The summed E-state index contributed by atoms with van der Waals surface area (Å²) in [4.78, 5) is 11.6. The van der Waals surface area contributed by atoms with Gasteiger partial charge in [-0.05, 0) is 23.6 Å². The van der Waals surface area contributed by atoms with Crippen LogP contribution in [0.25, 0.3) is 0 Å². The maximum Gasteiger partial charge on any atom is 0.137 e. The summed E-state index contributed by atoms with van der Waals surface area (Å²) in [6, 6.07) is 6.17. The molecule has 0 N–H and O–H groups in total. The number of carbonyl (C=O) groups excluding carboxylic acids is 1. The van der Waals surface area contributed by atoms with Gasteiger partial charge in [-0.3, -0.25) is 4.79 Å². The minimum Gasteiger partial charge on any atom is -0.384 e. The predicted molar refractivity (Wildman–Crippen MR) is 60.8 cm³/mol. The zero-order valence-electron chi connectivity index (χ0n) is 9.70. The van der Waals surface area contributed by atoms with Gasteiger partial charge in [-0.25, -0.2) is 4.39 Å². The lowest BCUT2D eigenvalue weighted by Crippen LogP contribution is -2.12. The Bertz CT molecular complexity index is 350. The van der Waals surface area contributed by atoms with Crippen molar-refractivity contribution in [2.45, 2.75) is 19.8 Å². The third-order valence-corrected chi connectivity index (χ3v) is 2.32. The number of rotatable bonds is 6. The first-order chi connectivity index (χ1) is 7.61. The number of hydrogen-bond acceptors (Lipinski definition) is 2. The number of halogens is 1. The summed E-state index contributed by atoms with van der Waals surface area (Å²) in [5, 5.41) is 0. The van der Waals surface area contributed by atoms with Crippen molar-refractivity contribution < 1.29 is 13.9 Å². The highest BCUT2D eigenvalue weighted by Gasteiger charge is 2.09. The first kappa shape index (κ1) is 12.8. The van der Waals surface area contributed by atoms with E-state index in [0.29, 0.717) is 19.4 Å². The molecule has 1 aromatic rings. The summed E-state index contributed by atoms with van der Waals surface area (Å²) in [5.41, 5.74) is 0.731. The molecule has 0 spiro atoms. The maximum atomic E-state index is 12.9. The number of benzene rings is 1. The van der Waals surface area contributed by atoms with Gasteiger partial charge in [-0.15, -0.1) is 0 Å². The zero-order chi connectivity index (χ0) is 12.0. The Hall–Kier alpha value is -1.22. The van der Waals surface area contributed by atoms with Crippen LogP contribution in [0, 0.1) is 11.7 Å². The highest BCUT2D eigenvalue weighted by Crippen LogP contribution is 2.09. The number of carbonyl (C=O) groups is 1. The molecule has 88 valence electrons. The van der Waals surface area contributed by atoms with Gasteiger partial charge < -0.3 is 4.74 Å². The van der Waals surface area contributed by atoms with Gasteiger partial charge in [0.25, 0.3) is 0 Å². The molecule has 1 rings (SSSR count). The largest absolute Gasteiger partial charge is 0.384 e. The van der Waals surface area contributed by atoms with Gasteiger partial charge in [0, 0.05) is 26.6 Å². The van der Waals surface area contributed by atoms with Gasteiger partial charge in [0.2, 0.25) is 0 Å². The van der Waals surface area contributed by atoms with Crippen LogP contribution in [0.15, 0.2) is 24.3 Å². The van der Waals surface area contributed by atoms with Crippen LogP contribution >= 0.6 is 0 Å². The van der Waals surface area contributed by atoms with Gasteiger partial charge in [0.15, 0.2) is 0 Å². The predicted octanol–water partition coefficient (Wildman–Crippen LogP) is 2.61. The molecule has 0 aliphatic carbocycles. The maximum absolute atomic E-state index is 12.9. The minimum atomic E-state index is -0.296. The number of ether oxygens (including phenoxy) is 1. The topological polar surface area (TPSA) is 26.3 Å². The molecule has 0 saturated heterocycles. The standard InChI is InChI=1S/C13H17FO2/c1-10(9-16-2)6-13(15)8-11-4-3-5-12(14)7-11/h3-5,7,10H,6,8-9H2,1-2H3. The number of methoxy groups -OCH3 is 1. The SMILES string of the molecule is COCC(C)CC(=O)Cc1cccc(F)c1. The summed E-state index contributed by atoms with van der Waals surface area (Å²) in [7, 11) is 1.62. The van der Waals surface area contributed by atoms with E-state index in [-0.39, 0.29) is 17.5 Å². The molecule has 0 aliphatic rings. The van der Waals surface area contributed by atoms with Gasteiger partial charge in [0.05, 0.1) is 0 Å². The molecule has 16 heavy (non-hydrogen) atoms. The Morgan fingerprint density at radius 1 is 1.50 bits per heavy atom. The molecule has 0 saturated carbocycles. The smallest absolute Gasteiger partial charge is 0.137 e. The second-order valence-electron chi connectivity index (χ2n) is 4.11. The van der Waals surface area contributed by atoms with Gasteiger partial charge in [-0.1, -0.05) is 19.1 Å². The number of ketones is 1. The van der Waals surface area contributed by atoms with Crippen LogP contribution in [-0.2, 0) is 16.0 Å². The molecule has 1 unspecified atom stereocenters. The second kappa shape index (κ2) is 6.38. The zero-order valence-corrected chi connectivity index (χ0v) is 9.70. The van der Waals surface area contributed by atoms with Crippen LogP contribution in [0.5, 0.6) is 0 Å². The Kier molecular flexibility index (Phi) is 5.12. The first-order valence-corrected chi connectivity index (χ1v) is 5.37. The number of hydrogen-bond donors (Lipinski definition) is 0. The molecule has 0 radical (unpaired) electrons. The molecule has 0 aliphatic heterocycles. The van der Waals surface area contributed by atoms with Crippen molar-refractivity contribution in [2.75, 3.05) is 13.7 Å². The lowest BCUT2D eigenvalue weighted by atomic mass is 10.0. The second-order valence-corrected chi connectivity index (χ2v) is 4.11. The monoisotopic (exact) mass is 224 g/mol. The van der Waals surface area contributed by atoms with Crippen molar-refractivity contribution >= 4 is 5.78 Å². The Balaban J connectivity index is 2.45. The van der Waals surface area contributed by atoms with Gasteiger partial charge >= 0.3 is 0 Å². The first-order valence-electron chi connectivity index (χ1n) is 5.37. The summed E-state index contributed by atoms with van der Waals surface area (Å²) < 4.78 is 17.8. The average molecular weight is 224 g/mol. The van der Waals surface area contributed by atoms with Crippen LogP contribution in [-0.4, -0.2) is 19.5 Å². The molecule has 0 bridgehead atoms. The third-order valence-electron chi connectivity index (χ3n) is 2.32. The lowest BCUT2D eigenvalue weighted by molar-refractivity contribution is -0.119. The lowest BCUT2D eigenvalue weighted by Gasteiger charge is -2.08. The summed E-state index contributed by atoms with van der Waals surface area (Å²) in [5.74, 6) is 0.0384. The van der Waals surface area contributed by atoms with E-state index < -0.39 is 0 Å². The van der Waals surface area contributed by atoms with Gasteiger partial charge in [0.1, 0.15) is 11.6 Å². The van der Waals surface area contributed by atoms with Crippen molar-refractivity contribution in [3.05, 3.63) is 35.6 Å². The Labute approximate surface area is 95.4 Å². The average Bonchev–Trinajstić information content (AvgIpc) is 2.17. The van der Waals surface area contributed by atoms with Gasteiger partial charge in [-0.2, -0.15) is 0 Å². The molecule has 1 atom stereocenters. The molecule has 1 aromatic carbocycles. The fraction of sp³-hybridized carbons (Fsp3) is 0.462. The summed E-state index contributed by atoms with van der Waals surface area (Å²) in [6.07, 6.45) is 0.774. The van der Waals surface area contributed by atoms with Crippen LogP contribution in [0.2, 0.25) is 0 Å².